The normalized spacial score (nSPS) is 15.7. The van der Waals surface area contributed by atoms with Crippen LogP contribution in [0.3, 0.4) is 0 Å². The zero-order valence-corrected chi connectivity index (χ0v) is 18.2. The van der Waals surface area contributed by atoms with E-state index in [0.29, 0.717) is 31.9 Å². The zero-order chi connectivity index (χ0) is 22.8. The van der Waals surface area contributed by atoms with E-state index in [-0.39, 0.29) is 24.2 Å². The number of nitrogens with zero attached hydrogens (tertiary/aromatic N) is 4. The summed E-state index contributed by atoms with van der Waals surface area (Å²) >= 11 is 0. The molecule has 1 aliphatic heterocycles. The Morgan fingerprint density at radius 2 is 1.84 bits per heavy atom. The van der Waals surface area contributed by atoms with Gasteiger partial charge >= 0.3 is 6.03 Å². The average Bonchev–Trinajstić information content (AvgIpc) is 2.70. The fourth-order valence-corrected chi connectivity index (χ4v) is 4.27. The molecule has 8 nitrogen and oxygen atoms in total. The average molecular weight is 454 g/mol. The van der Waals surface area contributed by atoms with Gasteiger partial charge in [-0.1, -0.05) is 6.07 Å². The first-order valence-electron chi connectivity index (χ1n) is 9.69. The largest absolute Gasteiger partial charge is 0.351 e. The molecule has 1 aromatic heterocycles. The van der Waals surface area contributed by atoms with E-state index in [2.05, 4.69) is 4.98 Å². The molecule has 1 aliphatic rings. The van der Waals surface area contributed by atoms with Crippen LogP contribution in [-0.2, 0) is 23.1 Å². The molecule has 2 heterocycles. The molecule has 0 unspecified atom stereocenters. The quantitative estimate of drug-likeness (QED) is 0.719. The fraction of sp³-hybridized carbons (Fsp3) is 0.400. The first kappa shape index (κ1) is 23.0. The summed E-state index contributed by atoms with van der Waals surface area (Å²) < 4.78 is 54.3. The number of nitrogens with two attached hydrogens (primary N) is 1. The Bertz CT molecular complexity index is 1060. The third-order valence-corrected chi connectivity index (χ3v) is 6.55. The van der Waals surface area contributed by atoms with Crippen LogP contribution >= 0.6 is 0 Å². The third-order valence-electron chi connectivity index (χ3n) is 5.25. The first-order valence-corrected chi connectivity index (χ1v) is 11.5. The molecule has 2 aromatic rings. The number of hydrogen-bond donors (Lipinski definition) is 1. The number of anilines is 1. The Hall–Kier alpha value is -2.63. The highest BCUT2D eigenvalue weighted by Crippen LogP contribution is 2.24. The first-order chi connectivity index (χ1) is 14.6. The standard InChI is InChI=1S/C20H25F2N5O3S/c1-14-3-5-16(11-24-14)27(20(23)28)13-17-18(21)6-4-15(19(17)22)12-25-7-9-26(10-8-25)31(2,29)30/h3-6,11H,7-10,12-13H2,1-2H3,(H2,23,28). The van der Waals surface area contributed by atoms with Crippen LogP contribution in [0.25, 0.3) is 0 Å². The number of benzene rings is 1. The molecule has 31 heavy (non-hydrogen) atoms. The van der Waals surface area contributed by atoms with Crippen LogP contribution in [0.1, 0.15) is 16.8 Å². The number of urea groups is 1. The van der Waals surface area contributed by atoms with Crippen LogP contribution in [0.2, 0.25) is 0 Å². The smallest absolute Gasteiger partial charge is 0.319 e. The van der Waals surface area contributed by atoms with Gasteiger partial charge in [0.2, 0.25) is 10.0 Å². The molecule has 0 saturated carbocycles. The van der Waals surface area contributed by atoms with Crippen molar-refractivity contribution >= 4 is 21.7 Å². The molecule has 1 aromatic carbocycles. The Labute approximate surface area is 180 Å². The topological polar surface area (TPSA) is 99.8 Å². The van der Waals surface area contributed by atoms with Gasteiger partial charge in [0.15, 0.2) is 0 Å². The van der Waals surface area contributed by atoms with Crippen molar-refractivity contribution in [2.45, 2.75) is 20.0 Å². The third kappa shape index (κ3) is 5.54. The Morgan fingerprint density at radius 1 is 1.16 bits per heavy atom. The van der Waals surface area contributed by atoms with Gasteiger partial charge in [-0.15, -0.1) is 0 Å². The molecule has 0 bridgehead atoms. The van der Waals surface area contributed by atoms with E-state index in [9.17, 15) is 17.6 Å². The maximum absolute atomic E-state index is 15.2. The number of halogens is 2. The minimum Gasteiger partial charge on any atom is -0.351 e. The molecule has 0 atom stereocenters. The molecule has 0 spiro atoms. The van der Waals surface area contributed by atoms with Gasteiger partial charge in [0.25, 0.3) is 0 Å². The van der Waals surface area contributed by atoms with Crippen molar-refractivity contribution in [1.29, 1.82) is 0 Å². The van der Waals surface area contributed by atoms with E-state index in [1.165, 1.54) is 16.6 Å². The SMILES string of the molecule is Cc1ccc(N(Cc2c(F)ccc(CN3CCN(S(C)(=O)=O)CC3)c2F)C(N)=O)cn1. The number of carbonyl (C=O) groups excluding carboxylic acids is 1. The van der Waals surface area contributed by atoms with Crippen LogP contribution in [-0.4, -0.2) is 61.1 Å². The monoisotopic (exact) mass is 453 g/mol. The van der Waals surface area contributed by atoms with Gasteiger partial charge in [0.1, 0.15) is 11.6 Å². The molecule has 0 radical (unpaired) electrons. The lowest BCUT2D eigenvalue weighted by Gasteiger charge is -2.33. The van der Waals surface area contributed by atoms with Crippen molar-refractivity contribution in [3.05, 3.63) is 58.9 Å². The molecular weight excluding hydrogens is 428 g/mol. The van der Waals surface area contributed by atoms with Crippen LogP contribution in [0.15, 0.2) is 30.5 Å². The zero-order valence-electron chi connectivity index (χ0n) is 17.4. The van der Waals surface area contributed by atoms with Crippen molar-refractivity contribution in [3.8, 4) is 0 Å². The number of rotatable bonds is 6. The lowest BCUT2D eigenvalue weighted by molar-refractivity contribution is 0.180. The number of sulfonamides is 1. The number of primary amides is 1. The molecule has 11 heteroatoms. The lowest BCUT2D eigenvalue weighted by Crippen LogP contribution is -2.47. The Balaban J connectivity index is 1.79. The van der Waals surface area contributed by atoms with Crippen molar-refractivity contribution < 1.29 is 22.0 Å². The van der Waals surface area contributed by atoms with Gasteiger partial charge < -0.3 is 5.73 Å². The molecule has 1 fully saturated rings. The minimum atomic E-state index is -3.26. The van der Waals surface area contributed by atoms with Gasteiger partial charge in [-0.05, 0) is 25.1 Å². The van der Waals surface area contributed by atoms with Crippen molar-refractivity contribution in [1.82, 2.24) is 14.2 Å². The molecule has 1 saturated heterocycles. The molecule has 2 amide bonds. The highest BCUT2D eigenvalue weighted by Gasteiger charge is 2.25. The summed E-state index contributed by atoms with van der Waals surface area (Å²) in [7, 11) is -3.26. The maximum Gasteiger partial charge on any atom is 0.319 e. The van der Waals surface area contributed by atoms with E-state index in [1.54, 1.807) is 19.1 Å². The van der Waals surface area contributed by atoms with Gasteiger partial charge in [-0.3, -0.25) is 14.8 Å². The van der Waals surface area contributed by atoms with Crippen LogP contribution in [0, 0.1) is 18.6 Å². The second-order valence-electron chi connectivity index (χ2n) is 7.52. The Kier molecular flexibility index (Phi) is 6.87. The number of hydrogen-bond acceptors (Lipinski definition) is 5. The molecular formula is C20H25F2N5O3S. The van der Waals surface area contributed by atoms with Gasteiger partial charge in [-0.25, -0.2) is 22.0 Å². The Morgan fingerprint density at radius 3 is 2.39 bits per heavy atom. The highest BCUT2D eigenvalue weighted by molar-refractivity contribution is 7.88. The second-order valence-corrected chi connectivity index (χ2v) is 9.50. The summed E-state index contributed by atoms with van der Waals surface area (Å²) in [5.74, 6) is -1.54. The number of aryl methyl sites for hydroxylation is 1. The van der Waals surface area contributed by atoms with Crippen molar-refractivity contribution in [2.75, 3.05) is 37.3 Å². The summed E-state index contributed by atoms with van der Waals surface area (Å²) in [6.45, 7) is 3.07. The maximum atomic E-state index is 15.2. The number of amides is 2. The van der Waals surface area contributed by atoms with Crippen LogP contribution in [0.5, 0.6) is 0 Å². The highest BCUT2D eigenvalue weighted by atomic mass is 32.2. The van der Waals surface area contributed by atoms with Crippen LogP contribution in [0.4, 0.5) is 19.3 Å². The van der Waals surface area contributed by atoms with Gasteiger partial charge in [0, 0.05) is 49.5 Å². The van der Waals surface area contributed by atoms with Gasteiger partial charge in [0.05, 0.1) is 24.7 Å². The summed E-state index contributed by atoms with van der Waals surface area (Å²) in [6, 6.07) is 4.94. The van der Waals surface area contributed by atoms with Gasteiger partial charge in [-0.2, -0.15) is 4.31 Å². The number of pyridine rings is 1. The van der Waals surface area contributed by atoms with E-state index in [1.807, 2.05) is 4.90 Å². The fourth-order valence-electron chi connectivity index (χ4n) is 3.45. The summed E-state index contributed by atoms with van der Waals surface area (Å²) in [5.41, 5.74) is 6.49. The van der Waals surface area contributed by atoms with E-state index >= 15 is 4.39 Å². The second kappa shape index (κ2) is 9.25. The predicted octanol–water partition coefficient (Wildman–Crippen LogP) is 1.83. The molecule has 2 N–H and O–H groups in total. The number of piperazine rings is 1. The number of aromatic nitrogens is 1. The summed E-state index contributed by atoms with van der Waals surface area (Å²) in [5, 5.41) is 0. The molecule has 0 aliphatic carbocycles. The van der Waals surface area contributed by atoms with E-state index in [4.69, 9.17) is 5.73 Å². The lowest BCUT2D eigenvalue weighted by atomic mass is 10.1. The molecule has 3 rings (SSSR count). The predicted molar refractivity (Wildman–Crippen MR) is 113 cm³/mol. The summed E-state index contributed by atoms with van der Waals surface area (Å²) in [4.78, 5) is 19.0. The summed E-state index contributed by atoms with van der Waals surface area (Å²) in [6.07, 6.45) is 2.57. The van der Waals surface area contributed by atoms with Crippen LogP contribution < -0.4 is 10.6 Å². The van der Waals surface area contributed by atoms with E-state index < -0.39 is 27.7 Å². The minimum absolute atomic E-state index is 0.194. The molecule has 168 valence electrons. The van der Waals surface area contributed by atoms with E-state index in [0.717, 1.165) is 22.9 Å². The van der Waals surface area contributed by atoms with Crippen molar-refractivity contribution in [3.63, 3.8) is 0 Å². The van der Waals surface area contributed by atoms with Crippen molar-refractivity contribution in [2.24, 2.45) is 5.73 Å². The number of carbonyl (C=O) groups is 1.